The number of likely N-dealkylation sites (tertiary alicyclic amines) is 2. The van der Waals surface area contributed by atoms with Gasteiger partial charge in [-0.1, -0.05) is 47.7 Å². The summed E-state index contributed by atoms with van der Waals surface area (Å²) < 4.78 is 9.15. The Labute approximate surface area is 311 Å². The Hall–Kier alpha value is -5.00. The SMILES string of the molecule is Cn1c(=O)n(C2CCC(=O)NC2=O)c2cccc(C#CCOC3CCN(CCN4CC[C@@H](Nc5ncc(Cl)c(-c6c[nH]c7ccccc67)n5)C4)CC3)c21. The molecule has 3 aliphatic rings. The molecule has 0 radical (unpaired) electrons. The second kappa shape index (κ2) is 15.2. The number of imide groups is 1. The molecule has 3 aromatic heterocycles. The Kier molecular flexibility index (Phi) is 10.0. The molecule has 2 aromatic carbocycles. The maximum atomic E-state index is 13.2. The highest BCUT2D eigenvalue weighted by Gasteiger charge is 2.32. The third-order valence-corrected chi connectivity index (χ3v) is 11.0. The van der Waals surface area contributed by atoms with Gasteiger partial charge in [-0.15, -0.1) is 0 Å². The van der Waals surface area contributed by atoms with Crippen LogP contribution in [0.25, 0.3) is 33.2 Å². The first-order valence-corrected chi connectivity index (χ1v) is 18.6. The number of hydrogen-bond acceptors (Lipinski definition) is 9. The van der Waals surface area contributed by atoms with Crippen LogP contribution in [-0.4, -0.2) is 104 Å². The van der Waals surface area contributed by atoms with Gasteiger partial charge in [0.15, 0.2) is 0 Å². The van der Waals surface area contributed by atoms with E-state index in [4.69, 9.17) is 21.3 Å². The van der Waals surface area contributed by atoms with E-state index in [9.17, 15) is 14.4 Å². The molecule has 53 heavy (non-hydrogen) atoms. The first kappa shape index (κ1) is 35.1. The molecule has 8 rings (SSSR count). The minimum absolute atomic E-state index is 0.156. The van der Waals surface area contributed by atoms with Crippen molar-refractivity contribution in [3.63, 3.8) is 0 Å². The van der Waals surface area contributed by atoms with E-state index >= 15 is 0 Å². The molecule has 3 N–H and O–H groups in total. The van der Waals surface area contributed by atoms with E-state index in [1.54, 1.807) is 13.2 Å². The summed E-state index contributed by atoms with van der Waals surface area (Å²) >= 11 is 6.54. The van der Waals surface area contributed by atoms with Crippen molar-refractivity contribution in [1.82, 2.24) is 39.2 Å². The Morgan fingerprint density at radius 2 is 1.81 bits per heavy atom. The molecule has 1 unspecified atom stereocenters. The quantitative estimate of drug-likeness (QED) is 0.152. The van der Waals surface area contributed by atoms with E-state index in [-0.39, 0.29) is 36.6 Å². The summed E-state index contributed by atoms with van der Waals surface area (Å²) in [5.41, 5.74) is 4.41. The van der Waals surface area contributed by atoms with Crippen molar-refractivity contribution in [2.75, 3.05) is 51.2 Å². The van der Waals surface area contributed by atoms with Gasteiger partial charge in [0.2, 0.25) is 17.8 Å². The predicted molar refractivity (Wildman–Crippen MR) is 204 cm³/mol. The van der Waals surface area contributed by atoms with Gasteiger partial charge in [0.1, 0.15) is 12.6 Å². The number of aryl methyl sites for hydroxylation is 1. The lowest BCUT2D eigenvalue weighted by Crippen LogP contribution is -2.44. The van der Waals surface area contributed by atoms with Crippen molar-refractivity contribution in [2.24, 2.45) is 7.05 Å². The number of benzene rings is 2. The summed E-state index contributed by atoms with van der Waals surface area (Å²) in [5, 5.41) is 7.50. The number of H-pyrrole nitrogens is 1. The summed E-state index contributed by atoms with van der Waals surface area (Å²) in [6.07, 6.45) is 7.21. The number of carbonyl (C=O) groups excluding carboxylic acids is 2. The largest absolute Gasteiger partial charge is 0.365 e. The van der Waals surface area contributed by atoms with E-state index in [2.05, 4.69) is 48.3 Å². The second-order valence-corrected chi connectivity index (χ2v) is 14.5. The fourth-order valence-corrected chi connectivity index (χ4v) is 8.06. The van der Waals surface area contributed by atoms with E-state index in [1.165, 1.54) is 9.13 Å². The number of hydrogen-bond donors (Lipinski definition) is 3. The van der Waals surface area contributed by atoms with Crippen LogP contribution in [0.3, 0.4) is 0 Å². The number of imidazole rings is 1. The number of piperidine rings is 2. The monoisotopic (exact) mass is 735 g/mol. The molecule has 2 atom stereocenters. The molecule has 13 nitrogen and oxygen atoms in total. The van der Waals surface area contributed by atoms with Crippen LogP contribution in [0.4, 0.5) is 5.95 Å². The first-order valence-electron chi connectivity index (χ1n) is 18.3. The minimum atomic E-state index is -0.730. The van der Waals surface area contributed by atoms with Crippen LogP contribution in [0.5, 0.6) is 0 Å². The summed E-state index contributed by atoms with van der Waals surface area (Å²) in [6.45, 7) is 6.26. The van der Waals surface area contributed by atoms with Gasteiger partial charge in [0, 0.05) is 81.4 Å². The number of halogens is 1. The number of anilines is 1. The Morgan fingerprint density at radius 3 is 2.66 bits per heavy atom. The molecule has 0 bridgehead atoms. The topological polar surface area (TPSA) is 142 Å². The van der Waals surface area contributed by atoms with Gasteiger partial charge in [-0.25, -0.2) is 14.8 Å². The maximum Gasteiger partial charge on any atom is 0.329 e. The van der Waals surface area contributed by atoms with Gasteiger partial charge in [-0.2, -0.15) is 0 Å². The van der Waals surface area contributed by atoms with Gasteiger partial charge in [-0.05, 0) is 43.9 Å². The number of aromatic amines is 1. The number of para-hydroxylation sites is 2. The standard InChI is InChI=1S/C39H42ClN9O4/c1-46-36-25(6-4-10-32(36)49(39(46)52)33-11-12-34(50)44-37(33)51)7-5-21-53-27-14-17-47(18-15-27)19-20-48-16-13-26(24-48)43-38-42-23-30(40)35(45-38)29-22-41-31-9-3-2-8-28(29)31/h2-4,6,8-10,22-23,26-27,33,41H,11-21,24H2,1H3,(H,42,43,45)(H,44,50,51)/t26-,33?/m1/s1. The molecule has 3 aliphatic heterocycles. The molecule has 0 aliphatic carbocycles. The third-order valence-electron chi connectivity index (χ3n) is 10.7. The molecule has 3 saturated heterocycles. The maximum absolute atomic E-state index is 13.2. The zero-order valence-corrected chi connectivity index (χ0v) is 30.4. The average Bonchev–Trinajstić information content (AvgIpc) is 3.87. The van der Waals surface area contributed by atoms with Crippen LogP contribution in [0.15, 0.2) is 59.7 Å². The minimum Gasteiger partial charge on any atom is -0.365 e. The third kappa shape index (κ3) is 7.32. The zero-order chi connectivity index (χ0) is 36.5. The van der Waals surface area contributed by atoms with Crippen LogP contribution in [0, 0.1) is 11.8 Å². The molecule has 6 heterocycles. The normalized spacial score (nSPS) is 20.2. The fraction of sp³-hybridized carbons (Fsp3) is 0.410. The fourth-order valence-electron chi connectivity index (χ4n) is 7.87. The number of rotatable bonds is 9. The molecule has 274 valence electrons. The van der Waals surface area contributed by atoms with Crippen LogP contribution in [-0.2, 0) is 21.4 Å². The molecular formula is C39H42ClN9O4. The highest BCUT2D eigenvalue weighted by atomic mass is 35.5. The van der Waals surface area contributed by atoms with Crippen LogP contribution in [0.1, 0.15) is 43.7 Å². The highest BCUT2D eigenvalue weighted by molar-refractivity contribution is 6.33. The Morgan fingerprint density at radius 1 is 1.00 bits per heavy atom. The zero-order valence-electron chi connectivity index (χ0n) is 29.6. The number of nitrogens with one attached hydrogen (secondary N) is 3. The molecule has 0 spiro atoms. The van der Waals surface area contributed by atoms with Crippen molar-refractivity contribution >= 4 is 51.3 Å². The van der Waals surface area contributed by atoms with Crippen LogP contribution in [0.2, 0.25) is 5.02 Å². The lowest BCUT2D eigenvalue weighted by molar-refractivity contribution is -0.135. The number of fused-ring (bicyclic) bond motifs is 2. The van der Waals surface area contributed by atoms with Gasteiger partial charge in [0.05, 0.1) is 39.6 Å². The summed E-state index contributed by atoms with van der Waals surface area (Å²) in [6, 6.07) is 13.2. The number of ether oxygens (including phenoxy) is 1. The number of amides is 2. The highest BCUT2D eigenvalue weighted by Crippen LogP contribution is 2.32. The number of carbonyl (C=O) groups is 2. The van der Waals surface area contributed by atoms with Gasteiger partial charge >= 0.3 is 5.69 Å². The second-order valence-electron chi connectivity index (χ2n) is 14.1. The van der Waals surface area contributed by atoms with Crippen molar-refractivity contribution in [3.05, 3.63) is 75.9 Å². The summed E-state index contributed by atoms with van der Waals surface area (Å²) in [7, 11) is 1.68. The molecule has 5 aromatic rings. The van der Waals surface area contributed by atoms with E-state index in [0.717, 1.165) is 80.7 Å². The molecule has 14 heteroatoms. The van der Waals surface area contributed by atoms with Crippen LogP contribution < -0.4 is 16.3 Å². The number of nitrogens with zero attached hydrogens (tertiary/aromatic N) is 6. The Balaban J connectivity index is 0.791. The van der Waals surface area contributed by atoms with Crippen molar-refractivity contribution < 1.29 is 14.3 Å². The van der Waals surface area contributed by atoms with Gasteiger partial charge < -0.3 is 19.9 Å². The molecule has 3 fully saturated rings. The van der Waals surface area contributed by atoms with E-state index in [0.29, 0.717) is 34.2 Å². The smallest absolute Gasteiger partial charge is 0.329 e. The molecular weight excluding hydrogens is 694 g/mol. The lowest BCUT2D eigenvalue weighted by Gasteiger charge is -2.32. The van der Waals surface area contributed by atoms with Gasteiger partial charge in [-0.3, -0.25) is 28.9 Å². The summed E-state index contributed by atoms with van der Waals surface area (Å²) in [5.74, 6) is 6.16. The number of aromatic nitrogens is 5. The van der Waals surface area contributed by atoms with Crippen molar-refractivity contribution in [1.29, 1.82) is 0 Å². The van der Waals surface area contributed by atoms with Crippen molar-refractivity contribution in [2.45, 2.75) is 50.3 Å². The Bertz CT molecular complexity index is 2290. The van der Waals surface area contributed by atoms with E-state index < -0.39 is 11.9 Å². The van der Waals surface area contributed by atoms with Gasteiger partial charge in [0.25, 0.3) is 0 Å². The average molecular weight is 736 g/mol. The lowest BCUT2D eigenvalue weighted by atomic mass is 10.1. The molecule has 0 saturated carbocycles. The molecule has 2 amide bonds. The first-order chi connectivity index (χ1) is 25.8. The summed E-state index contributed by atoms with van der Waals surface area (Å²) in [4.78, 5) is 55.0. The predicted octanol–water partition coefficient (Wildman–Crippen LogP) is 3.93. The van der Waals surface area contributed by atoms with Crippen molar-refractivity contribution in [3.8, 4) is 23.1 Å². The van der Waals surface area contributed by atoms with E-state index in [1.807, 2.05) is 42.6 Å². The van der Waals surface area contributed by atoms with Crippen LogP contribution >= 0.6 is 11.6 Å².